The molecule has 2 nitrogen and oxygen atoms in total. The Morgan fingerprint density at radius 2 is 2.00 bits per heavy atom. The molecule has 0 atom stereocenters. The van der Waals surface area contributed by atoms with Gasteiger partial charge in [-0.15, -0.1) is 0 Å². The van der Waals surface area contributed by atoms with Gasteiger partial charge in [0.05, 0.1) is 5.52 Å². The molecule has 0 spiro atoms. The van der Waals surface area contributed by atoms with Gasteiger partial charge in [0.2, 0.25) is 0 Å². The second kappa shape index (κ2) is 5.44. The van der Waals surface area contributed by atoms with Gasteiger partial charge in [0.25, 0.3) is 0 Å². The van der Waals surface area contributed by atoms with Crippen LogP contribution in [0.25, 0.3) is 10.9 Å². The number of benzene rings is 1. The van der Waals surface area contributed by atoms with Crippen molar-refractivity contribution in [2.75, 3.05) is 12.4 Å². The molecule has 100 valence electrons. The molecule has 0 saturated carbocycles. The maximum atomic E-state index is 6.21. The van der Waals surface area contributed by atoms with Gasteiger partial charge >= 0.3 is 0 Å². The van der Waals surface area contributed by atoms with E-state index in [2.05, 4.69) is 27.9 Å². The minimum absolute atomic E-state index is 0.781. The van der Waals surface area contributed by atoms with Gasteiger partial charge in [-0.25, -0.2) is 0 Å². The summed E-state index contributed by atoms with van der Waals surface area (Å²) in [5.41, 5.74) is 4.97. The Labute approximate surface area is 132 Å². The van der Waals surface area contributed by atoms with E-state index < -0.39 is 0 Å². The molecular weight excluding hydrogens is 371 g/mol. The maximum Gasteiger partial charge on any atom is 0.0860 e. The van der Waals surface area contributed by atoms with E-state index in [9.17, 15) is 0 Å². The number of rotatable bonds is 1. The molecule has 2 aromatic rings. The van der Waals surface area contributed by atoms with Crippen molar-refractivity contribution in [3.05, 3.63) is 32.0 Å². The van der Waals surface area contributed by atoms with Crippen LogP contribution in [-0.2, 0) is 12.8 Å². The molecule has 3 rings (SSSR count). The highest BCUT2D eigenvalue weighted by Gasteiger charge is 2.18. The van der Waals surface area contributed by atoms with Gasteiger partial charge in [-0.05, 0) is 66.0 Å². The smallest absolute Gasteiger partial charge is 0.0860 e. The van der Waals surface area contributed by atoms with E-state index in [0.29, 0.717) is 0 Å². The second-order valence-corrected chi connectivity index (χ2v) is 6.61. The fraction of sp³-hybridized carbons (Fsp3) is 0.400. The second-order valence-electron chi connectivity index (χ2n) is 5.01. The largest absolute Gasteiger partial charge is 0.387 e. The number of nitrogens with zero attached hydrogens (tertiary/aromatic N) is 1. The van der Waals surface area contributed by atoms with Crippen molar-refractivity contribution < 1.29 is 0 Å². The predicted octanol–water partition coefficient (Wildman–Crippen LogP) is 4.80. The van der Waals surface area contributed by atoms with Crippen LogP contribution < -0.4 is 5.32 Å². The molecule has 4 heteroatoms. The van der Waals surface area contributed by atoms with Crippen LogP contribution in [0.2, 0.25) is 5.02 Å². The first-order valence-electron chi connectivity index (χ1n) is 6.69. The molecule has 1 aliphatic rings. The molecule has 1 aromatic heterocycles. The number of anilines is 1. The summed E-state index contributed by atoms with van der Waals surface area (Å²) in [4.78, 5) is 4.92. The Bertz CT molecular complexity index is 640. The van der Waals surface area contributed by atoms with E-state index in [1.54, 1.807) is 0 Å². The van der Waals surface area contributed by atoms with E-state index in [-0.39, 0.29) is 0 Å². The van der Waals surface area contributed by atoms with Crippen LogP contribution in [0.15, 0.2) is 12.1 Å². The molecule has 0 fully saturated rings. The predicted molar refractivity (Wildman–Crippen MR) is 90.3 cm³/mol. The van der Waals surface area contributed by atoms with E-state index >= 15 is 0 Å². The fourth-order valence-corrected chi connectivity index (χ4v) is 4.06. The lowest BCUT2D eigenvalue weighted by Crippen LogP contribution is -2.04. The van der Waals surface area contributed by atoms with Crippen molar-refractivity contribution in [2.24, 2.45) is 0 Å². The van der Waals surface area contributed by atoms with Crippen molar-refractivity contribution >= 4 is 50.8 Å². The highest BCUT2D eigenvalue weighted by molar-refractivity contribution is 14.1. The number of fused-ring (bicyclic) bond motifs is 2. The molecular formula is C15H16ClIN2. The molecule has 0 saturated heterocycles. The quantitative estimate of drug-likeness (QED) is 0.562. The van der Waals surface area contributed by atoms with Crippen molar-refractivity contribution in [3.8, 4) is 0 Å². The summed E-state index contributed by atoms with van der Waals surface area (Å²) in [6, 6.07) is 4.02. The van der Waals surface area contributed by atoms with Gasteiger partial charge < -0.3 is 5.32 Å². The number of aryl methyl sites for hydroxylation is 1. The summed E-state index contributed by atoms with van der Waals surface area (Å²) in [5.74, 6) is 0. The third-order valence-corrected chi connectivity index (χ3v) is 4.83. The standard InChI is InChI=1S/C15H16ClIN2/c1-18-14-10-5-3-2-4-6-13(10)19-15-11(14)7-9(16)8-12(15)17/h7-8H,2-6H2,1H3,(H,18,19). The zero-order valence-corrected chi connectivity index (χ0v) is 13.8. The van der Waals surface area contributed by atoms with Gasteiger partial charge in [0.1, 0.15) is 0 Å². The van der Waals surface area contributed by atoms with Crippen molar-refractivity contribution in [1.29, 1.82) is 0 Å². The first kappa shape index (κ1) is 13.4. The lowest BCUT2D eigenvalue weighted by molar-refractivity contribution is 0.709. The fourth-order valence-electron chi connectivity index (χ4n) is 2.91. The Kier molecular flexibility index (Phi) is 3.85. The lowest BCUT2D eigenvalue weighted by Gasteiger charge is -2.16. The Hall–Kier alpha value is -0.550. The van der Waals surface area contributed by atoms with Crippen LogP contribution in [0.5, 0.6) is 0 Å². The molecule has 0 bridgehead atoms. The molecule has 1 heterocycles. The van der Waals surface area contributed by atoms with Crippen LogP contribution in [0.4, 0.5) is 5.69 Å². The monoisotopic (exact) mass is 386 g/mol. The van der Waals surface area contributed by atoms with Crippen molar-refractivity contribution in [2.45, 2.75) is 32.1 Å². The van der Waals surface area contributed by atoms with Crippen LogP contribution in [0, 0.1) is 3.57 Å². The normalized spacial score (nSPS) is 15.1. The van der Waals surface area contributed by atoms with Gasteiger partial charge in [-0.1, -0.05) is 18.0 Å². The van der Waals surface area contributed by atoms with E-state index in [4.69, 9.17) is 16.6 Å². The number of nitrogens with one attached hydrogen (secondary N) is 1. The molecule has 1 aromatic carbocycles. The van der Waals surface area contributed by atoms with Gasteiger partial charge in [0.15, 0.2) is 0 Å². The summed E-state index contributed by atoms with van der Waals surface area (Å²) in [7, 11) is 1.99. The third kappa shape index (κ3) is 2.42. The summed E-state index contributed by atoms with van der Waals surface area (Å²) in [6.45, 7) is 0. The third-order valence-electron chi connectivity index (χ3n) is 3.78. The zero-order chi connectivity index (χ0) is 13.4. The number of hydrogen-bond donors (Lipinski definition) is 1. The number of hydrogen-bond acceptors (Lipinski definition) is 2. The molecule has 0 aliphatic heterocycles. The number of pyridine rings is 1. The first-order valence-corrected chi connectivity index (χ1v) is 8.14. The Balaban J connectivity index is 2.36. The van der Waals surface area contributed by atoms with Crippen LogP contribution in [0.1, 0.15) is 30.5 Å². The van der Waals surface area contributed by atoms with Gasteiger partial charge in [-0.3, -0.25) is 4.98 Å². The lowest BCUT2D eigenvalue weighted by atomic mass is 10.0. The highest BCUT2D eigenvalue weighted by Crippen LogP contribution is 2.35. The highest BCUT2D eigenvalue weighted by atomic mass is 127. The van der Waals surface area contributed by atoms with Gasteiger partial charge in [-0.2, -0.15) is 0 Å². The molecule has 0 amide bonds. The minimum atomic E-state index is 0.781. The molecule has 0 radical (unpaired) electrons. The topological polar surface area (TPSA) is 24.9 Å². The zero-order valence-electron chi connectivity index (χ0n) is 10.9. The van der Waals surface area contributed by atoms with Crippen molar-refractivity contribution in [3.63, 3.8) is 0 Å². The molecule has 1 N–H and O–H groups in total. The van der Waals surface area contributed by atoms with Crippen LogP contribution >= 0.6 is 34.2 Å². The average Bonchev–Trinajstić information content (AvgIpc) is 2.61. The van der Waals surface area contributed by atoms with Crippen LogP contribution in [-0.4, -0.2) is 12.0 Å². The summed E-state index contributed by atoms with van der Waals surface area (Å²) < 4.78 is 1.13. The van der Waals surface area contributed by atoms with Crippen LogP contribution in [0.3, 0.4) is 0 Å². The summed E-state index contributed by atoms with van der Waals surface area (Å²) in [5, 5.41) is 5.31. The maximum absolute atomic E-state index is 6.21. The minimum Gasteiger partial charge on any atom is -0.387 e. The van der Waals surface area contributed by atoms with E-state index in [1.165, 1.54) is 36.2 Å². The number of halogens is 2. The molecule has 19 heavy (non-hydrogen) atoms. The average molecular weight is 387 g/mol. The van der Waals surface area contributed by atoms with Gasteiger partial charge in [0, 0.05) is 32.4 Å². The molecule has 0 unspecified atom stereocenters. The Morgan fingerprint density at radius 3 is 2.79 bits per heavy atom. The number of aromatic nitrogens is 1. The summed E-state index contributed by atoms with van der Waals surface area (Å²) >= 11 is 8.53. The van der Waals surface area contributed by atoms with E-state index in [1.807, 2.05) is 19.2 Å². The SMILES string of the molecule is CNc1c2c(nc3c(I)cc(Cl)cc13)CCCCC2. The summed E-state index contributed by atoms with van der Waals surface area (Å²) in [6.07, 6.45) is 6.02. The first-order chi connectivity index (χ1) is 9.20. The van der Waals surface area contributed by atoms with E-state index in [0.717, 1.165) is 32.3 Å². The Morgan fingerprint density at radius 1 is 1.21 bits per heavy atom. The van der Waals surface area contributed by atoms with Crippen molar-refractivity contribution in [1.82, 2.24) is 4.98 Å². The molecule has 1 aliphatic carbocycles.